The van der Waals surface area contributed by atoms with Crippen molar-refractivity contribution >= 4 is 16.1 Å². The lowest BCUT2D eigenvalue weighted by atomic mass is 10.1. The van der Waals surface area contributed by atoms with E-state index in [1.807, 2.05) is 0 Å². The maximum absolute atomic E-state index is 12.1. The van der Waals surface area contributed by atoms with Crippen molar-refractivity contribution < 1.29 is 36.7 Å². The molecule has 150 valence electrons. The maximum Gasteiger partial charge on any atom is 0.338 e. The molecular formula is C18H24O8S. The zero-order valence-electron chi connectivity index (χ0n) is 15.5. The first kappa shape index (κ1) is 21.4. The summed E-state index contributed by atoms with van der Waals surface area (Å²) in [5.74, 6) is -1.80. The lowest BCUT2D eigenvalue weighted by Crippen LogP contribution is -2.36. The van der Waals surface area contributed by atoms with Crippen LogP contribution in [0.5, 0.6) is 0 Å². The van der Waals surface area contributed by atoms with Crippen LogP contribution in [0.4, 0.5) is 0 Å². The third-order valence-electron chi connectivity index (χ3n) is 3.64. The van der Waals surface area contributed by atoms with E-state index in [9.17, 15) is 18.3 Å². The average molecular weight is 400 g/mol. The molecule has 1 saturated heterocycles. The summed E-state index contributed by atoms with van der Waals surface area (Å²) in [6, 6.07) is 8.28. The van der Waals surface area contributed by atoms with Gasteiger partial charge in [-0.15, -0.1) is 0 Å². The van der Waals surface area contributed by atoms with Gasteiger partial charge >= 0.3 is 5.97 Å². The number of benzene rings is 1. The Morgan fingerprint density at radius 2 is 2.00 bits per heavy atom. The molecule has 3 atom stereocenters. The van der Waals surface area contributed by atoms with Crippen molar-refractivity contribution in [2.24, 2.45) is 0 Å². The van der Waals surface area contributed by atoms with Crippen LogP contribution in [-0.4, -0.2) is 56.5 Å². The van der Waals surface area contributed by atoms with Crippen LogP contribution in [0.25, 0.3) is 0 Å². The Labute approximate surface area is 158 Å². The van der Waals surface area contributed by atoms with Crippen molar-refractivity contribution in [3.63, 3.8) is 0 Å². The number of esters is 1. The molecule has 0 saturated carbocycles. The Kier molecular flexibility index (Phi) is 6.63. The normalized spacial score (nSPS) is 21.6. The second-order valence-corrected chi connectivity index (χ2v) is 8.32. The van der Waals surface area contributed by atoms with Crippen molar-refractivity contribution in [3.8, 4) is 0 Å². The molecule has 1 aromatic carbocycles. The molecule has 27 heavy (non-hydrogen) atoms. The first-order chi connectivity index (χ1) is 12.4. The SMILES string of the molecule is C=C1O[C@H](C(COC(=O)c2ccccc2)OS(C)(=O)=O)C[C@H]1OC(C)(C)O. The lowest BCUT2D eigenvalue weighted by molar-refractivity contribution is -0.196. The number of rotatable bonds is 8. The fraction of sp³-hybridized carbons (Fsp3) is 0.500. The molecular weight excluding hydrogens is 376 g/mol. The fourth-order valence-corrected chi connectivity index (χ4v) is 3.22. The van der Waals surface area contributed by atoms with Crippen LogP contribution < -0.4 is 0 Å². The van der Waals surface area contributed by atoms with E-state index in [1.54, 1.807) is 30.3 Å². The van der Waals surface area contributed by atoms with Crippen LogP contribution >= 0.6 is 0 Å². The first-order valence-electron chi connectivity index (χ1n) is 8.31. The van der Waals surface area contributed by atoms with Crippen LogP contribution in [0, 0.1) is 0 Å². The third kappa shape index (κ3) is 6.94. The number of hydrogen-bond acceptors (Lipinski definition) is 8. The molecule has 0 radical (unpaired) electrons. The molecule has 1 aliphatic rings. The molecule has 1 unspecified atom stereocenters. The van der Waals surface area contributed by atoms with Gasteiger partial charge in [0.1, 0.15) is 30.7 Å². The molecule has 2 rings (SSSR count). The summed E-state index contributed by atoms with van der Waals surface area (Å²) in [6.45, 7) is 6.30. The van der Waals surface area contributed by atoms with Gasteiger partial charge < -0.3 is 19.3 Å². The fourth-order valence-electron chi connectivity index (χ4n) is 2.59. The quantitative estimate of drug-likeness (QED) is 0.398. The Morgan fingerprint density at radius 3 is 2.56 bits per heavy atom. The summed E-state index contributed by atoms with van der Waals surface area (Å²) in [4.78, 5) is 12.1. The monoisotopic (exact) mass is 400 g/mol. The van der Waals surface area contributed by atoms with Crippen molar-refractivity contribution in [2.45, 2.75) is 44.4 Å². The van der Waals surface area contributed by atoms with Crippen LogP contribution in [0.3, 0.4) is 0 Å². The highest BCUT2D eigenvalue weighted by molar-refractivity contribution is 7.86. The molecule has 9 heteroatoms. The van der Waals surface area contributed by atoms with E-state index in [1.165, 1.54) is 13.8 Å². The van der Waals surface area contributed by atoms with Gasteiger partial charge in [0.25, 0.3) is 10.1 Å². The first-order valence-corrected chi connectivity index (χ1v) is 10.1. The molecule has 8 nitrogen and oxygen atoms in total. The van der Waals surface area contributed by atoms with Gasteiger partial charge in [-0.1, -0.05) is 24.8 Å². The van der Waals surface area contributed by atoms with E-state index in [0.29, 0.717) is 5.56 Å². The molecule has 0 bridgehead atoms. The maximum atomic E-state index is 12.1. The summed E-state index contributed by atoms with van der Waals surface area (Å²) in [7, 11) is -3.83. The molecule has 0 spiro atoms. The zero-order valence-corrected chi connectivity index (χ0v) is 16.3. The van der Waals surface area contributed by atoms with Crippen molar-refractivity contribution in [1.82, 2.24) is 0 Å². The van der Waals surface area contributed by atoms with Crippen LogP contribution in [0.1, 0.15) is 30.6 Å². The molecule has 1 aliphatic heterocycles. The van der Waals surface area contributed by atoms with Gasteiger partial charge in [0.05, 0.1) is 11.8 Å². The van der Waals surface area contributed by atoms with E-state index in [-0.39, 0.29) is 18.8 Å². The van der Waals surface area contributed by atoms with Crippen molar-refractivity contribution in [1.29, 1.82) is 0 Å². The highest BCUT2D eigenvalue weighted by atomic mass is 32.2. The minimum Gasteiger partial charge on any atom is -0.490 e. The van der Waals surface area contributed by atoms with Gasteiger partial charge in [-0.3, -0.25) is 4.18 Å². The van der Waals surface area contributed by atoms with E-state index in [0.717, 1.165) is 6.26 Å². The van der Waals surface area contributed by atoms with Crippen LogP contribution in [0.2, 0.25) is 0 Å². The van der Waals surface area contributed by atoms with Gasteiger partial charge in [-0.25, -0.2) is 4.79 Å². The highest BCUT2D eigenvalue weighted by Crippen LogP contribution is 2.31. The smallest absolute Gasteiger partial charge is 0.338 e. The number of carbonyl (C=O) groups is 1. The summed E-state index contributed by atoms with van der Waals surface area (Å²) in [5.41, 5.74) is 0.329. The van der Waals surface area contributed by atoms with E-state index >= 15 is 0 Å². The van der Waals surface area contributed by atoms with Gasteiger partial charge in [0.15, 0.2) is 5.79 Å². The van der Waals surface area contributed by atoms with Crippen LogP contribution in [0.15, 0.2) is 42.7 Å². The summed E-state index contributed by atoms with van der Waals surface area (Å²) in [6.07, 6.45) is -1.42. The Morgan fingerprint density at radius 1 is 1.37 bits per heavy atom. The van der Waals surface area contributed by atoms with E-state index in [4.69, 9.17) is 18.4 Å². The van der Waals surface area contributed by atoms with E-state index < -0.39 is 40.2 Å². The topological polar surface area (TPSA) is 108 Å². The molecule has 0 amide bonds. The minimum absolute atomic E-state index is 0.186. The van der Waals surface area contributed by atoms with Gasteiger partial charge in [-0.2, -0.15) is 8.42 Å². The summed E-state index contributed by atoms with van der Waals surface area (Å²) in [5, 5.41) is 9.79. The van der Waals surface area contributed by atoms with Gasteiger partial charge in [0.2, 0.25) is 0 Å². The summed E-state index contributed by atoms with van der Waals surface area (Å²) < 4.78 is 44.4. The molecule has 1 heterocycles. The Balaban J connectivity index is 2.06. The van der Waals surface area contributed by atoms with E-state index in [2.05, 4.69) is 6.58 Å². The average Bonchev–Trinajstić information content (AvgIpc) is 2.90. The Hall–Kier alpha value is -1.94. The number of carbonyl (C=O) groups excluding carboxylic acids is 1. The second kappa shape index (κ2) is 8.39. The number of ether oxygens (including phenoxy) is 3. The standard InChI is InChI=1S/C18H24O8S/c1-12-14(25-18(2,3)20)10-15(24-12)16(26-27(4,21)22)11-23-17(19)13-8-6-5-7-9-13/h5-9,14-16,20H,1,10-11H2,2-4H3/t14-,15+,16?/m1/s1. The van der Waals surface area contributed by atoms with Crippen LogP contribution in [-0.2, 0) is 28.5 Å². The minimum atomic E-state index is -3.83. The Bertz CT molecular complexity index is 766. The van der Waals surface area contributed by atoms with Gasteiger partial charge in [0, 0.05) is 6.42 Å². The lowest BCUT2D eigenvalue weighted by Gasteiger charge is -2.23. The second-order valence-electron chi connectivity index (χ2n) is 6.71. The van der Waals surface area contributed by atoms with Crippen molar-refractivity contribution in [3.05, 3.63) is 48.2 Å². The molecule has 1 fully saturated rings. The summed E-state index contributed by atoms with van der Waals surface area (Å²) >= 11 is 0. The predicted molar refractivity (Wildman–Crippen MR) is 96.2 cm³/mol. The zero-order chi connectivity index (χ0) is 20.2. The largest absolute Gasteiger partial charge is 0.490 e. The third-order valence-corrected chi connectivity index (χ3v) is 4.24. The van der Waals surface area contributed by atoms with Crippen molar-refractivity contribution in [2.75, 3.05) is 12.9 Å². The number of aliphatic hydroxyl groups is 1. The molecule has 0 aromatic heterocycles. The molecule has 1 N–H and O–H groups in total. The predicted octanol–water partition coefficient (Wildman–Crippen LogP) is 1.60. The molecule has 0 aliphatic carbocycles. The number of hydrogen-bond donors (Lipinski definition) is 1. The highest BCUT2D eigenvalue weighted by Gasteiger charge is 2.40. The van der Waals surface area contributed by atoms with Gasteiger partial charge in [-0.05, 0) is 26.0 Å². The molecule has 1 aromatic rings.